The van der Waals surface area contributed by atoms with E-state index in [0.717, 1.165) is 6.54 Å². The Hall–Kier alpha value is -1.84. The van der Waals surface area contributed by atoms with Crippen molar-refractivity contribution in [3.8, 4) is 0 Å². The van der Waals surface area contributed by atoms with Crippen LogP contribution in [0, 0.1) is 0 Å². The highest BCUT2D eigenvalue weighted by Crippen LogP contribution is 2.31. The molecule has 1 heterocycles. The van der Waals surface area contributed by atoms with Crippen LogP contribution in [-0.2, 0) is 29.2 Å². The topological polar surface area (TPSA) is 23.4 Å². The molecule has 3 rings (SSSR count). The molecule has 3 nitrogen and oxygen atoms in total. The number of rotatable bonds is 5. The van der Waals surface area contributed by atoms with Crippen molar-refractivity contribution in [2.24, 2.45) is 0 Å². The third kappa shape index (κ3) is 2.43. The van der Waals surface area contributed by atoms with Gasteiger partial charge in [-0.1, -0.05) is 12.1 Å². The molecule has 0 saturated carbocycles. The second kappa shape index (κ2) is 5.88. The van der Waals surface area contributed by atoms with E-state index < -0.39 is 0 Å². The molecule has 0 saturated heterocycles. The molecule has 0 amide bonds. The van der Waals surface area contributed by atoms with E-state index in [0.29, 0.717) is 13.2 Å². The molecule has 0 aliphatic heterocycles. The standard InChI is InChI=1S/C18H21NO2/c1-4-19-17-7-5-13(11-20-2)9-15(17)16-10-14(12-21-3)6-8-18(16)19/h5-10H,4,11-12H2,1-3H3. The van der Waals surface area contributed by atoms with Crippen molar-refractivity contribution < 1.29 is 9.47 Å². The quantitative estimate of drug-likeness (QED) is 0.703. The monoisotopic (exact) mass is 283 g/mol. The maximum atomic E-state index is 5.26. The highest BCUT2D eigenvalue weighted by molar-refractivity contribution is 6.08. The van der Waals surface area contributed by atoms with Gasteiger partial charge in [-0.3, -0.25) is 0 Å². The molecular formula is C18H21NO2. The van der Waals surface area contributed by atoms with Crippen LogP contribution in [0.15, 0.2) is 36.4 Å². The summed E-state index contributed by atoms with van der Waals surface area (Å²) in [5.41, 5.74) is 4.97. The molecule has 0 aliphatic rings. The van der Waals surface area contributed by atoms with Gasteiger partial charge in [-0.05, 0) is 42.3 Å². The minimum absolute atomic E-state index is 0.645. The highest BCUT2D eigenvalue weighted by Gasteiger charge is 2.11. The molecule has 0 N–H and O–H groups in total. The van der Waals surface area contributed by atoms with Crippen LogP contribution in [0.1, 0.15) is 18.1 Å². The second-order valence-electron chi connectivity index (χ2n) is 5.31. The van der Waals surface area contributed by atoms with Gasteiger partial charge in [0, 0.05) is 42.6 Å². The SMILES string of the molecule is CCn1c2ccc(COC)cc2c2cc(COC)ccc21. The van der Waals surface area contributed by atoms with Crippen molar-refractivity contribution in [3.63, 3.8) is 0 Å². The van der Waals surface area contributed by atoms with Gasteiger partial charge in [-0.15, -0.1) is 0 Å². The predicted octanol–water partition coefficient (Wildman–Crippen LogP) is 4.11. The summed E-state index contributed by atoms with van der Waals surface area (Å²) in [5.74, 6) is 0. The van der Waals surface area contributed by atoms with Crippen LogP contribution in [0.3, 0.4) is 0 Å². The molecule has 110 valence electrons. The fourth-order valence-corrected chi connectivity index (χ4v) is 3.05. The van der Waals surface area contributed by atoms with Gasteiger partial charge in [-0.2, -0.15) is 0 Å². The van der Waals surface area contributed by atoms with E-state index in [1.54, 1.807) is 14.2 Å². The smallest absolute Gasteiger partial charge is 0.0713 e. The van der Waals surface area contributed by atoms with Gasteiger partial charge in [-0.25, -0.2) is 0 Å². The number of ether oxygens (including phenoxy) is 2. The Morgan fingerprint density at radius 1 is 0.810 bits per heavy atom. The molecule has 0 bridgehead atoms. The van der Waals surface area contributed by atoms with E-state index in [1.165, 1.54) is 32.9 Å². The molecule has 0 unspecified atom stereocenters. The maximum absolute atomic E-state index is 5.26. The zero-order chi connectivity index (χ0) is 14.8. The molecule has 3 heteroatoms. The van der Waals surface area contributed by atoms with E-state index in [1.807, 2.05) is 0 Å². The maximum Gasteiger partial charge on any atom is 0.0713 e. The number of hydrogen-bond donors (Lipinski definition) is 0. The van der Waals surface area contributed by atoms with Crippen molar-refractivity contribution in [1.29, 1.82) is 0 Å². The fourth-order valence-electron chi connectivity index (χ4n) is 3.05. The Labute approximate surface area is 125 Å². The normalized spacial score (nSPS) is 11.6. The summed E-state index contributed by atoms with van der Waals surface area (Å²) in [7, 11) is 3.46. The first-order valence-electron chi connectivity index (χ1n) is 7.30. The zero-order valence-corrected chi connectivity index (χ0v) is 12.8. The largest absolute Gasteiger partial charge is 0.380 e. The summed E-state index contributed by atoms with van der Waals surface area (Å²) < 4.78 is 12.9. The zero-order valence-electron chi connectivity index (χ0n) is 12.8. The predicted molar refractivity (Wildman–Crippen MR) is 86.5 cm³/mol. The van der Waals surface area contributed by atoms with Gasteiger partial charge in [0.2, 0.25) is 0 Å². The van der Waals surface area contributed by atoms with Crippen LogP contribution in [0.4, 0.5) is 0 Å². The van der Waals surface area contributed by atoms with Crippen LogP contribution in [0.2, 0.25) is 0 Å². The van der Waals surface area contributed by atoms with Gasteiger partial charge >= 0.3 is 0 Å². The van der Waals surface area contributed by atoms with E-state index >= 15 is 0 Å². The lowest BCUT2D eigenvalue weighted by Gasteiger charge is -2.04. The average Bonchev–Trinajstić information content (AvgIpc) is 2.81. The van der Waals surface area contributed by atoms with Crippen LogP contribution >= 0.6 is 0 Å². The summed E-state index contributed by atoms with van der Waals surface area (Å²) in [6.45, 7) is 4.44. The Morgan fingerprint density at radius 3 is 1.67 bits per heavy atom. The number of fused-ring (bicyclic) bond motifs is 3. The molecule has 2 aromatic carbocycles. The molecule has 0 atom stereocenters. The van der Waals surface area contributed by atoms with Gasteiger partial charge in [0.15, 0.2) is 0 Å². The molecule has 21 heavy (non-hydrogen) atoms. The van der Waals surface area contributed by atoms with Crippen LogP contribution < -0.4 is 0 Å². The van der Waals surface area contributed by atoms with E-state index in [9.17, 15) is 0 Å². The lowest BCUT2D eigenvalue weighted by molar-refractivity contribution is 0.185. The number of aryl methyl sites for hydroxylation is 1. The van der Waals surface area contributed by atoms with Crippen molar-refractivity contribution >= 4 is 21.8 Å². The summed E-state index contributed by atoms with van der Waals surface area (Å²) in [6, 6.07) is 13.2. The third-order valence-corrected chi connectivity index (χ3v) is 3.93. The number of benzene rings is 2. The molecule has 3 aromatic rings. The van der Waals surface area contributed by atoms with Gasteiger partial charge in [0.25, 0.3) is 0 Å². The molecule has 0 aliphatic carbocycles. The van der Waals surface area contributed by atoms with Gasteiger partial charge in [0.1, 0.15) is 0 Å². The molecule has 1 aromatic heterocycles. The molecule has 0 spiro atoms. The van der Waals surface area contributed by atoms with Crippen molar-refractivity contribution in [2.45, 2.75) is 26.7 Å². The first-order valence-corrected chi connectivity index (χ1v) is 7.30. The third-order valence-electron chi connectivity index (χ3n) is 3.93. The molecule has 0 radical (unpaired) electrons. The second-order valence-corrected chi connectivity index (χ2v) is 5.31. The summed E-state index contributed by atoms with van der Waals surface area (Å²) in [4.78, 5) is 0. The summed E-state index contributed by atoms with van der Waals surface area (Å²) in [6.07, 6.45) is 0. The number of aromatic nitrogens is 1. The molecule has 0 fully saturated rings. The Kier molecular flexibility index (Phi) is 3.95. The lowest BCUT2D eigenvalue weighted by Crippen LogP contribution is -1.94. The van der Waals surface area contributed by atoms with Crippen LogP contribution in [-0.4, -0.2) is 18.8 Å². The molecular weight excluding hydrogens is 262 g/mol. The van der Waals surface area contributed by atoms with E-state index in [-0.39, 0.29) is 0 Å². The fraction of sp³-hybridized carbons (Fsp3) is 0.333. The first-order chi connectivity index (χ1) is 10.3. The minimum Gasteiger partial charge on any atom is -0.380 e. The van der Waals surface area contributed by atoms with Crippen molar-refractivity contribution in [3.05, 3.63) is 47.5 Å². The Morgan fingerprint density at radius 2 is 1.29 bits per heavy atom. The Balaban J connectivity index is 2.28. The number of methoxy groups -OCH3 is 2. The van der Waals surface area contributed by atoms with E-state index in [2.05, 4.69) is 47.9 Å². The first kappa shape index (κ1) is 14.1. The number of nitrogens with zero attached hydrogens (tertiary/aromatic N) is 1. The van der Waals surface area contributed by atoms with Crippen LogP contribution in [0.5, 0.6) is 0 Å². The Bertz CT molecular complexity index is 710. The van der Waals surface area contributed by atoms with Gasteiger partial charge in [0.05, 0.1) is 13.2 Å². The van der Waals surface area contributed by atoms with Gasteiger partial charge < -0.3 is 14.0 Å². The summed E-state index contributed by atoms with van der Waals surface area (Å²) in [5, 5.41) is 2.58. The lowest BCUT2D eigenvalue weighted by atomic mass is 10.1. The van der Waals surface area contributed by atoms with Crippen LogP contribution in [0.25, 0.3) is 21.8 Å². The minimum atomic E-state index is 0.645. The van der Waals surface area contributed by atoms with E-state index in [4.69, 9.17) is 9.47 Å². The van der Waals surface area contributed by atoms with Crippen molar-refractivity contribution in [1.82, 2.24) is 4.57 Å². The number of hydrogen-bond acceptors (Lipinski definition) is 2. The average molecular weight is 283 g/mol. The van der Waals surface area contributed by atoms with Crippen molar-refractivity contribution in [2.75, 3.05) is 14.2 Å². The summed E-state index contributed by atoms with van der Waals surface area (Å²) >= 11 is 0. The highest BCUT2D eigenvalue weighted by atomic mass is 16.5.